The van der Waals surface area contributed by atoms with E-state index >= 15 is 0 Å². The molecule has 0 aliphatic rings. The Morgan fingerprint density at radius 2 is 1.23 bits per heavy atom. The topological polar surface area (TPSA) is 153 Å². The number of nitrogen functional groups attached to an aromatic ring is 2. The number of benzene rings is 3. The summed E-state index contributed by atoms with van der Waals surface area (Å²) in [5.41, 5.74) is 8.12. The first kappa shape index (κ1) is 28.4. The number of aromatic nitrogens is 1. The van der Waals surface area contributed by atoms with Crippen molar-refractivity contribution in [3.8, 4) is 0 Å². The highest BCUT2D eigenvalue weighted by Gasteiger charge is 2.38. The fourth-order valence-electron chi connectivity index (χ4n) is 5.05. The second-order valence-corrected chi connectivity index (χ2v) is 11.0. The van der Waals surface area contributed by atoms with Crippen molar-refractivity contribution in [2.75, 3.05) is 31.8 Å². The smallest absolute Gasteiger partial charge is 0.264 e. The molecule has 1 aromatic heterocycles. The quantitative estimate of drug-likeness (QED) is 0.142. The van der Waals surface area contributed by atoms with Gasteiger partial charge in [-0.1, -0.05) is 24.3 Å². The summed E-state index contributed by atoms with van der Waals surface area (Å²) < 4.78 is 18.4. The monoisotopic (exact) mass is 537 g/mol. The lowest BCUT2D eigenvalue weighted by Crippen LogP contribution is -2.49. The van der Waals surface area contributed by atoms with Gasteiger partial charge < -0.3 is 25.7 Å². The standard InChI is InChI=1S/C29H35N3O7/c1-14(28(3,4)39-15(2)29(5,6)38-13-12-37-7)32-26(35)20-21(27(32)36)23(31)19-18(22(20)30)24(33)16-10-8-9-11-17(16)25(19)34/h8-11,14-15H,12-13,30-31H2,1-7H3. The minimum Gasteiger partial charge on any atom is -0.397 e. The van der Waals surface area contributed by atoms with E-state index in [4.69, 9.17) is 25.7 Å². The van der Waals surface area contributed by atoms with Gasteiger partial charge >= 0.3 is 0 Å². The minimum absolute atomic E-state index is 0.148. The van der Waals surface area contributed by atoms with Crippen LogP contribution in [0.15, 0.2) is 43.4 Å². The summed E-state index contributed by atoms with van der Waals surface area (Å²) >= 11 is 0. The Labute approximate surface area is 224 Å². The van der Waals surface area contributed by atoms with E-state index in [0.717, 1.165) is 4.57 Å². The SMILES string of the molecule is COCCOC(C)(C)C(C)OC(C)(C)C(C)n1c(=O)c2c(N)c3c(=O)c4ccccc4c(=O)c3c(N)c2c1=O. The highest BCUT2D eigenvalue weighted by molar-refractivity contribution is 6.20. The molecule has 0 radical (unpaired) electrons. The van der Waals surface area contributed by atoms with Crippen LogP contribution in [0, 0.1) is 0 Å². The van der Waals surface area contributed by atoms with E-state index in [2.05, 4.69) is 0 Å². The molecule has 208 valence electrons. The number of nitrogens with two attached hydrogens (primary N) is 2. The van der Waals surface area contributed by atoms with Crippen molar-refractivity contribution in [3.63, 3.8) is 0 Å². The lowest BCUT2D eigenvalue weighted by atomic mass is 9.97. The van der Waals surface area contributed by atoms with Crippen LogP contribution >= 0.6 is 0 Å². The molecule has 1 heterocycles. The van der Waals surface area contributed by atoms with Gasteiger partial charge in [-0.25, -0.2) is 0 Å². The van der Waals surface area contributed by atoms with Gasteiger partial charge in [0.1, 0.15) is 0 Å². The predicted octanol–water partition coefficient (Wildman–Crippen LogP) is 2.61. The van der Waals surface area contributed by atoms with E-state index in [1.54, 1.807) is 40.0 Å². The van der Waals surface area contributed by atoms with E-state index in [9.17, 15) is 19.2 Å². The summed E-state index contributed by atoms with van der Waals surface area (Å²) in [6.07, 6.45) is -0.432. The van der Waals surface area contributed by atoms with E-state index in [1.807, 2.05) is 20.8 Å². The molecule has 0 fully saturated rings. The minimum atomic E-state index is -1.03. The van der Waals surface area contributed by atoms with Crippen molar-refractivity contribution in [2.45, 2.75) is 64.9 Å². The molecule has 4 aromatic rings. The summed E-state index contributed by atoms with van der Waals surface area (Å²) in [5.74, 6) is 0. The maximum Gasteiger partial charge on any atom is 0.264 e. The van der Waals surface area contributed by atoms with Gasteiger partial charge in [0.2, 0.25) is 0 Å². The highest BCUT2D eigenvalue weighted by Crippen LogP contribution is 2.34. The average Bonchev–Trinajstić information content (AvgIpc) is 3.14. The van der Waals surface area contributed by atoms with Crippen LogP contribution in [0.25, 0.3) is 32.3 Å². The third kappa shape index (κ3) is 4.42. The molecule has 0 spiro atoms. The van der Waals surface area contributed by atoms with Crippen molar-refractivity contribution in [1.82, 2.24) is 4.57 Å². The molecule has 0 saturated heterocycles. The first-order chi connectivity index (χ1) is 18.2. The Morgan fingerprint density at radius 1 is 0.769 bits per heavy atom. The van der Waals surface area contributed by atoms with Gasteiger partial charge in [-0.15, -0.1) is 0 Å². The van der Waals surface area contributed by atoms with Gasteiger partial charge in [0, 0.05) is 17.9 Å². The first-order valence-electron chi connectivity index (χ1n) is 12.8. The molecule has 4 N–H and O–H groups in total. The molecule has 3 aromatic carbocycles. The summed E-state index contributed by atoms with van der Waals surface area (Å²) in [6.45, 7) is 11.6. The van der Waals surface area contributed by atoms with Crippen LogP contribution in [0.2, 0.25) is 0 Å². The zero-order valence-electron chi connectivity index (χ0n) is 23.3. The maximum atomic E-state index is 13.7. The van der Waals surface area contributed by atoms with Gasteiger partial charge in [-0.05, 0) is 41.5 Å². The largest absolute Gasteiger partial charge is 0.397 e. The zero-order chi connectivity index (χ0) is 29.0. The molecule has 0 amide bonds. The lowest BCUT2D eigenvalue weighted by molar-refractivity contribution is -0.180. The van der Waals surface area contributed by atoms with Gasteiger partial charge in [0.15, 0.2) is 10.9 Å². The number of ether oxygens (including phenoxy) is 3. The molecule has 4 rings (SSSR count). The van der Waals surface area contributed by atoms with E-state index in [0.29, 0.717) is 13.2 Å². The predicted molar refractivity (Wildman–Crippen MR) is 154 cm³/mol. The summed E-state index contributed by atoms with van der Waals surface area (Å²) in [6, 6.07) is 5.52. The fraction of sp³-hybridized carbons (Fsp3) is 0.448. The van der Waals surface area contributed by atoms with Gasteiger partial charge in [0.25, 0.3) is 11.1 Å². The van der Waals surface area contributed by atoms with Crippen LogP contribution in [-0.4, -0.2) is 42.2 Å². The average molecular weight is 538 g/mol. The van der Waals surface area contributed by atoms with Gasteiger partial charge in [-0.3, -0.25) is 23.7 Å². The van der Waals surface area contributed by atoms with Crippen LogP contribution in [0.3, 0.4) is 0 Å². The zero-order valence-corrected chi connectivity index (χ0v) is 23.3. The Bertz CT molecular complexity index is 1690. The van der Waals surface area contributed by atoms with Crippen LogP contribution in [-0.2, 0) is 14.2 Å². The van der Waals surface area contributed by atoms with Crippen LogP contribution in [0.1, 0.15) is 47.6 Å². The summed E-state index contributed by atoms with van der Waals surface area (Å²) in [5, 5.41) is -0.301. The van der Waals surface area contributed by atoms with Crippen molar-refractivity contribution in [1.29, 1.82) is 0 Å². The Morgan fingerprint density at radius 3 is 1.67 bits per heavy atom. The van der Waals surface area contributed by atoms with Crippen molar-refractivity contribution in [2.24, 2.45) is 0 Å². The number of methoxy groups -OCH3 is 1. The second kappa shape index (κ2) is 9.86. The third-order valence-electron chi connectivity index (χ3n) is 7.93. The van der Waals surface area contributed by atoms with E-state index in [1.165, 1.54) is 12.1 Å². The summed E-state index contributed by atoms with van der Waals surface area (Å²) in [4.78, 5) is 54.2. The fourth-order valence-corrected chi connectivity index (χ4v) is 5.05. The number of hydrogen-bond donors (Lipinski definition) is 2. The number of fused-ring (bicyclic) bond motifs is 3. The number of anilines is 2. The van der Waals surface area contributed by atoms with Crippen LogP contribution < -0.4 is 33.4 Å². The van der Waals surface area contributed by atoms with Crippen LogP contribution in [0.4, 0.5) is 11.4 Å². The molecule has 10 nitrogen and oxygen atoms in total. The Kier molecular flexibility index (Phi) is 7.18. The molecule has 0 aliphatic carbocycles. The molecular weight excluding hydrogens is 502 g/mol. The van der Waals surface area contributed by atoms with E-state index in [-0.39, 0.29) is 43.7 Å². The molecule has 39 heavy (non-hydrogen) atoms. The second-order valence-electron chi connectivity index (χ2n) is 11.0. The molecule has 0 bridgehead atoms. The number of nitrogens with zero attached hydrogens (tertiary/aromatic N) is 1. The Balaban J connectivity index is 1.90. The van der Waals surface area contributed by atoms with E-state index < -0.39 is 45.3 Å². The maximum absolute atomic E-state index is 13.7. The van der Waals surface area contributed by atoms with Crippen LogP contribution in [0.5, 0.6) is 0 Å². The Hall–Kier alpha value is -3.60. The van der Waals surface area contributed by atoms with Crippen molar-refractivity contribution >= 4 is 43.7 Å². The van der Waals surface area contributed by atoms with Gasteiger partial charge in [-0.2, -0.15) is 0 Å². The van der Waals surface area contributed by atoms with Gasteiger partial charge in [0.05, 0.1) is 69.5 Å². The number of rotatable bonds is 9. The molecule has 10 heteroatoms. The highest BCUT2D eigenvalue weighted by atomic mass is 16.6. The first-order valence-corrected chi connectivity index (χ1v) is 12.8. The molecule has 0 saturated carbocycles. The molecule has 2 atom stereocenters. The lowest BCUT2D eigenvalue weighted by Gasteiger charge is -2.40. The molecular formula is C29H35N3O7. The molecule has 2 unspecified atom stereocenters. The summed E-state index contributed by atoms with van der Waals surface area (Å²) in [7, 11) is 1.59. The van der Waals surface area contributed by atoms with Crippen molar-refractivity contribution in [3.05, 3.63) is 65.4 Å². The normalized spacial score (nSPS) is 14.4. The van der Waals surface area contributed by atoms with Crippen molar-refractivity contribution < 1.29 is 14.2 Å². The third-order valence-corrected chi connectivity index (χ3v) is 7.93. The number of hydrogen-bond acceptors (Lipinski definition) is 9. The molecule has 0 aliphatic heterocycles.